The fourth-order valence-electron chi connectivity index (χ4n) is 1.96. The highest BCUT2D eigenvalue weighted by molar-refractivity contribution is 7.98. The van der Waals surface area contributed by atoms with Crippen LogP contribution in [0.5, 0.6) is 11.5 Å². The summed E-state index contributed by atoms with van der Waals surface area (Å²) in [4.78, 5) is 5.60. The lowest BCUT2D eigenvalue weighted by Gasteiger charge is -2.12. The lowest BCUT2D eigenvalue weighted by molar-refractivity contribution is 0.470. The van der Waals surface area contributed by atoms with Crippen molar-refractivity contribution >= 4 is 11.8 Å². The molecular formula is C17H22N2OS. The minimum absolute atomic E-state index is 0.777. The molecule has 1 heterocycles. The van der Waals surface area contributed by atoms with E-state index in [1.165, 1.54) is 4.90 Å². The van der Waals surface area contributed by atoms with Gasteiger partial charge in [-0.3, -0.25) is 4.98 Å². The first kappa shape index (κ1) is 15.9. The van der Waals surface area contributed by atoms with Gasteiger partial charge in [0.2, 0.25) is 0 Å². The van der Waals surface area contributed by atoms with E-state index < -0.39 is 0 Å². The van der Waals surface area contributed by atoms with E-state index in [0.29, 0.717) is 0 Å². The molecule has 0 amide bonds. The van der Waals surface area contributed by atoms with Crippen LogP contribution in [0, 0.1) is 6.92 Å². The number of aryl methyl sites for hydroxylation is 1. The van der Waals surface area contributed by atoms with Gasteiger partial charge >= 0.3 is 0 Å². The smallest absolute Gasteiger partial charge is 0.135 e. The maximum atomic E-state index is 6.03. The molecule has 0 bridgehead atoms. The van der Waals surface area contributed by atoms with E-state index in [4.69, 9.17) is 4.74 Å². The van der Waals surface area contributed by atoms with Gasteiger partial charge in [-0.1, -0.05) is 6.92 Å². The normalized spacial score (nSPS) is 10.6. The first-order chi connectivity index (χ1) is 10.2. The Morgan fingerprint density at radius 3 is 2.67 bits per heavy atom. The van der Waals surface area contributed by atoms with Crippen molar-refractivity contribution in [3.05, 3.63) is 47.8 Å². The fraction of sp³-hybridized carbons (Fsp3) is 0.353. The number of hydrogen-bond acceptors (Lipinski definition) is 4. The Hall–Kier alpha value is -1.52. The second-order valence-corrected chi connectivity index (χ2v) is 5.77. The number of nitrogens with zero attached hydrogens (tertiary/aromatic N) is 1. The third-order valence-corrected chi connectivity index (χ3v) is 3.85. The van der Waals surface area contributed by atoms with E-state index in [1.807, 2.05) is 31.3 Å². The number of thioether (sulfide) groups is 1. The predicted octanol–water partition coefficient (Wildman–Crippen LogP) is 4.40. The highest BCUT2D eigenvalue weighted by Gasteiger charge is 2.06. The Bertz CT molecular complexity index is 570. The van der Waals surface area contributed by atoms with Crippen molar-refractivity contribution < 1.29 is 4.74 Å². The monoisotopic (exact) mass is 302 g/mol. The van der Waals surface area contributed by atoms with Crippen LogP contribution in [-0.2, 0) is 6.54 Å². The average molecular weight is 302 g/mol. The van der Waals surface area contributed by atoms with Gasteiger partial charge < -0.3 is 10.1 Å². The van der Waals surface area contributed by atoms with Gasteiger partial charge in [-0.05, 0) is 50.4 Å². The Labute approximate surface area is 131 Å². The molecule has 0 spiro atoms. The van der Waals surface area contributed by atoms with E-state index in [-0.39, 0.29) is 0 Å². The summed E-state index contributed by atoms with van der Waals surface area (Å²) in [5, 5.41) is 3.39. The molecule has 1 aromatic heterocycles. The van der Waals surface area contributed by atoms with Crippen molar-refractivity contribution in [3.63, 3.8) is 0 Å². The molecule has 3 nitrogen and oxygen atoms in total. The number of benzene rings is 1. The first-order valence-electron chi connectivity index (χ1n) is 7.21. The van der Waals surface area contributed by atoms with Crippen LogP contribution < -0.4 is 10.1 Å². The second kappa shape index (κ2) is 8.05. The summed E-state index contributed by atoms with van der Waals surface area (Å²) in [7, 11) is 0. The molecule has 0 aliphatic carbocycles. The highest BCUT2D eigenvalue weighted by Crippen LogP contribution is 2.27. The largest absolute Gasteiger partial charge is 0.457 e. The van der Waals surface area contributed by atoms with E-state index in [1.54, 1.807) is 11.8 Å². The molecule has 0 saturated heterocycles. The Morgan fingerprint density at radius 2 is 2.00 bits per heavy atom. The Kier molecular flexibility index (Phi) is 6.08. The molecule has 1 N–H and O–H groups in total. The van der Waals surface area contributed by atoms with Crippen LogP contribution in [0.2, 0.25) is 0 Å². The zero-order valence-corrected chi connectivity index (χ0v) is 13.7. The molecule has 4 heteroatoms. The number of nitrogens with one attached hydrogen (secondary N) is 1. The molecule has 0 aliphatic rings. The third-order valence-electron chi connectivity index (χ3n) is 3.11. The van der Waals surface area contributed by atoms with Gasteiger partial charge in [-0.15, -0.1) is 11.8 Å². The van der Waals surface area contributed by atoms with Crippen molar-refractivity contribution in [2.45, 2.75) is 31.7 Å². The van der Waals surface area contributed by atoms with E-state index >= 15 is 0 Å². The van der Waals surface area contributed by atoms with Gasteiger partial charge in [-0.25, -0.2) is 0 Å². The molecule has 0 fully saturated rings. The fourth-order valence-corrected chi connectivity index (χ4v) is 2.37. The van der Waals surface area contributed by atoms with Gasteiger partial charge in [0, 0.05) is 35.0 Å². The van der Waals surface area contributed by atoms with E-state index in [9.17, 15) is 0 Å². The topological polar surface area (TPSA) is 34.2 Å². The van der Waals surface area contributed by atoms with Gasteiger partial charge in [0.05, 0.1) is 0 Å². The van der Waals surface area contributed by atoms with Crippen LogP contribution in [0.3, 0.4) is 0 Å². The Morgan fingerprint density at radius 1 is 1.24 bits per heavy atom. The first-order valence-corrected chi connectivity index (χ1v) is 8.43. The van der Waals surface area contributed by atoms with Crippen LogP contribution in [0.25, 0.3) is 0 Å². The maximum absolute atomic E-state index is 6.03. The maximum Gasteiger partial charge on any atom is 0.135 e. The van der Waals surface area contributed by atoms with Crippen molar-refractivity contribution in [2.75, 3.05) is 12.8 Å². The standard InChI is InChI=1S/C17H22N2OS/c1-4-9-18-11-14-12-19-13(2)10-17(14)20-15-5-7-16(21-3)8-6-15/h5-8,10,12,18H,4,9,11H2,1-3H3. The molecule has 0 aliphatic heterocycles. The van der Waals surface area contributed by atoms with Crippen molar-refractivity contribution in [1.82, 2.24) is 10.3 Å². The molecular weight excluding hydrogens is 280 g/mol. The second-order valence-electron chi connectivity index (χ2n) is 4.89. The molecule has 112 valence electrons. The van der Waals surface area contributed by atoms with Crippen molar-refractivity contribution in [1.29, 1.82) is 0 Å². The van der Waals surface area contributed by atoms with Crippen LogP contribution in [0.1, 0.15) is 24.6 Å². The third kappa shape index (κ3) is 4.76. The van der Waals surface area contributed by atoms with Crippen LogP contribution in [0.4, 0.5) is 0 Å². The molecule has 21 heavy (non-hydrogen) atoms. The van der Waals surface area contributed by atoms with Crippen LogP contribution >= 0.6 is 11.8 Å². The summed E-state index contributed by atoms with van der Waals surface area (Å²) in [6, 6.07) is 10.1. The SMILES string of the molecule is CCCNCc1cnc(C)cc1Oc1ccc(SC)cc1. The average Bonchev–Trinajstić information content (AvgIpc) is 2.50. The van der Waals surface area contributed by atoms with Crippen molar-refractivity contribution in [3.8, 4) is 11.5 Å². The number of ether oxygens (including phenoxy) is 1. The number of aromatic nitrogens is 1. The van der Waals surface area contributed by atoms with E-state index in [0.717, 1.165) is 42.3 Å². The highest BCUT2D eigenvalue weighted by atomic mass is 32.2. The number of rotatable bonds is 7. The zero-order chi connectivity index (χ0) is 15.1. The van der Waals surface area contributed by atoms with Gasteiger partial charge in [0.1, 0.15) is 11.5 Å². The lowest BCUT2D eigenvalue weighted by atomic mass is 10.2. The molecule has 0 unspecified atom stereocenters. The van der Waals surface area contributed by atoms with Crippen LogP contribution in [-0.4, -0.2) is 17.8 Å². The minimum atomic E-state index is 0.777. The van der Waals surface area contributed by atoms with Gasteiger partial charge in [0.15, 0.2) is 0 Å². The van der Waals surface area contributed by atoms with Crippen molar-refractivity contribution in [2.24, 2.45) is 0 Å². The molecule has 2 rings (SSSR count). The molecule has 1 aromatic carbocycles. The zero-order valence-electron chi connectivity index (χ0n) is 12.8. The number of hydrogen-bond donors (Lipinski definition) is 1. The molecule has 2 aromatic rings. The number of pyridine rings is 1. The summed E-state index contributed by atoms with van der Waals surface area (Å²) in [5.41, 5.74) is 2.05. The van der Waals surface area contributed by atoms with E-state index in [2.05, 4.69) is 35.6 Å². The molecule has 0 radical (unpaired) electrons. The summed E-state index contributed by atoms with van der Waals surface area (Å²) in [6.45, 7) is 5.91. The van der Waals surface area contributed by atoms with Gasteiger partial charge in [-0.2, -0.15) is 0 Å². The minimum Gasteiger partial charge on any atom is -0.457 e. The Balaban J connectivity index is 2.14. The predicted molar refractivity (Wildman–Crippen MR) is 89.3 cm³/mol. The lowest BCUT2D eigenvalue weighted by Crippen LogP contribution is -2.14. The quantitative estimate of drug-likeness (QED) is 0.607. The summed E-state index contributed by atoms with van der Waals surface area (Å²) in [6.07, 6.45) is 5.08. The van der Waals surface area contributed by atoms with Crippen LogP contribution in [0.15, 0.2) is 41.4 Å². The van der Waals surface area contributed by atoms with Gasteiger partial charge in [0.25, 0.3) is 0 Å². The summed E-state index contributed by atoms with van der Waals surface area (Å²) >= 11 is 1.73. The summed E-state index contributed by atoms with van der Waals surface area (Å²) < 4.78 is 6.03. The molecule has 0 saturated carbocycles. The summed E-state index contributed by atoms with van der Waals surface area (Å²) in [5.74, 6) is 1.73. The molecule has 0 atom stereocenters.